The molecule has 1 atom stereocenters. The maximum absolute atomic E-state index is 13.6. The van der Waals surface area contributed by atoms with Gasteiger partial charge in [0.25, 0.3) is 11.6 Å². The van der Waals surface area contributed by atoms with Crippen LogP contribution in [0.5, 0.6) is 0 Å². The molecule has 36 heavy (non-hydrogen) atoms. The highest BCUT2D eigenvalue weighted by Gasteiger charge is 2.31. The molecule has 1 aromatic heterocycles. The van der Waals surface area contributed by atoms with Gasteiger partial charge in [-0.1, -0.05) is 54.6 Å². The van der Waals surface area contributed by atoms with Crippen LogP contribution >= 0.6 is 0 Å². The number of nitro benzene ring substituents is 1. The lowest BCUT2D eigenvalue weighted by Gasteiger charge is -2.20. The second-order valence-corrected chi connectivity index (χ2v) is 8.75. The highest BCUT2D eigenvalue weighted by molar-refractivity contribution is 6.07. The number of aryl methyl sites for hydroxylation is 2. The van der Waals surface area contributed by atoms with Crippen molar-refractivity contribution in [3.05, 3.63) is 111 Å². The van der Waals surface area contributed by atoms with Crippen LogP contribution < -0.4 is 5.32 Å². The number of pyridine rings is 1. The van der Waals surface area contributed by atoms with E-state index in [1.54, 1.807) is 43.3 Å². The second kappa shape index (κ2) is 9.58. The van der Waals surface area contributed by atoms with Crippen molar-refractivity contribution in [1.29, 1.82) is 0 Å². The van der Waals surface area contributed by atoms with Crippen LogP contribution in [0.1, 0.15) is 45.3 Å². The Bertz CT molecular complexity index is 1500. The number of aromatic nitrogens is 1. The van der Waals surface area contributed by atoms with Gasteiger partial charge < -0.3 is 10.1 Å². The van der Waals surface area contributed by atoms with E-state index in [1.165, 1.54) is 12.1 Å². The minimum Gasteiger partial charge on any atom is -0.444 e. The maximum Gasteiger partial charge on any atom is 0.340 e. The maximum atomic E-state index is 13.6. The normalized spacial score (nSPS) is 13.1. The topological polar surface area (TPSA) is 111 Å². The van der Waals surface area contributed by atoms with Crippen LogP contribution in [-0.2, 0) is 22.4 Å². The highest BCUT2D eigenvalue weighted by atomic mass is 16.6. The summed E-state index contributed by atoms with van der Waals surface area (Å²) < 4.78 is 5.87. The van der Waals surface area contributed by atoms with Crippen molar-refractivity contribution in [1.82, 2.24) is 4.98 Å². The summed E-state index contributed by atoms with van der Waals surface area (Å²) in [7, 11) is 0. The van der Waals surface area contributed by atoms with Crippen LogP contribution in [0.15, 0.2) is 72.8 Å². The third kappa shape index (κ3) is 4.40. The summed E-state index contributed by atoms with van der Waals surface area (Å²) in [4.78, 5) is 42.8. The first-order valence-electron chi connectivity index (χ1n) is 11.6. The molecule has 1 amide bonds. The van der Waals surface area contributed by atoms with Crippen molar-refractivity contribution >= 4 is 34.2 Å². The third-order valence-corrected chi connectivity index (χ3v) is 6.30. The Morgan fingerprint density at radius 2 is 1.78 bits per heavy atom. The number of nitrogens with one attached hydrogen (secondary N) is 1. The van der Waals surface area contributed by atoms with E-state index in [-0.39, 0.29) is 11.4 Å². The molecule has 0 spiro atoms. The summed E-state index contributed by atoms with van der Waals surface area (Å²) in [6.45, 7) is 1.73. The summed E-state index contributed by atoms with van der Waals surface area (Å²) in [5.41, 5.74) is 3.76. The molecule has 8 nitrogen and oxygen atoms in total. The van der Waals surface area contributed by atoms with Crippen LogP contribution in [0.2, 0.25) is 0 Å². The van der Waals surface area contributed by atoms with Gasteiger partial charge >= 0.3 is 5.97 Å². The van der Waals surface area contributed by atoms with E-state index in [4.69, 9.17) is 9.72 Å². The lowest BCUT2D eigenvalue weighted by molar-refractivity contribution is -0.384. The van der Waals surface area contributed by atoms with Gasteiger partial charge in [-0.3, -0.25) is 19.9 Å². The molecule has 5 rings (SSSR count). The molecular weight excluding hydrogens is 458 g/mol. The molecule has 0 bridgehead atoms. The number of hydrogen-bond acceptors (Lipinski definition) is 6. The molecule has 0 radical (unpaired) electrons. The zero-order valence-electron chi connectivity index (χ0n) is 19.6. The van der Waals surface area contributed by atoms with E-state index in [0.29, 0.717) is 34.0 Å². The highest BCUT2D eigenvalue weighted by Crippen LogP contribution is 2.33. The Labute approximate surface area is 207 Å². The molecule has 180 valence electrons. The largest absolute Gasteiger partial charge is 0.444 e. The van der Waals surface area contributed by atoms with E-state index in [1.807, 2.05) is 24.3 Å². The lowest BCUT2D eigenvalue weighted by atomic mass is 10.0. The smallest absolute Gasteiger partial charge is 0.340 e. The van der Waals surface area contributed by atoms with Gasteiger partial charge in [-0.15, -0.1) is 0 Å². The number of carbonyl (C=O) groups is 2. The Hall–Kier alpha value is -4.59. The second-order valence-electron chi connectivity index (χ2n) is 8.75. The van der Waals surface area contributed by atoms with Crippen molar-refractivity contribution < 1.29 is 19.2 Å². The van der Waals surface area contributed by atoms with Gasteiger partial charge in [-0.05, 0) is 49.4 Å². The fraction of sp³-hybridized carbons (Fsp3) is 0.179. The summed E-state index contributed by atoms with van der Waals surface area (Å²) in [5.74, 6) is -1.31. The van der Waals surface area contributed by atoms with Gasteiger partial charge in [0, 0.05) is 22.7 Å². The molecule has 0 fully saturated rings. The van der Waals surface area contributed by atoms with Gasteiger partial charge in [0.1, 0.15) is 5.69 Å². The minimum absolute atomic E-state index is 0.0304. The van der Waals surface area contributed by atoms with Crippen LogP contribution in [-0.4, -0.2) is 21.8 Å². The first-order valence-corrected chi connectivity index (χ1v) is 11.6. The number of amides is 1. The molecule has 0 saturated carbocycles. The number of carbonyl (C=O) groups excluding carboxylic acids is 2. The summed E-state index contributed by atoms with van der Waals surface area (Å²) >= 11 is 0. The predicted octanol–water partition coefficient (Wildman–Crippen LogP) is 5.48. The van der Waals surface area contributed by atoms with Gasteiger partial charge in [0.15, 0.2) is 0 Å². The fourth-order valence-corrected chi connectivity index (χ4v) is 4.61. The quantitative estimate of drug-likeness (QED) is 0.222. The monoisotopic (exact) mass is 481 g/mol. The molecule has 3 aromatic carbocycles. The van der Waals surface area contributed by atoms with Crippen LogP contribution in [0, 0.1) is 17.0 Å². The fourth-order valence-electron chi connectivity index (χ4n) is 4.61. The molecule has 4 aromatic rings. The number of para-hydroxylation sites is 1. The Balaban J connectivity index is 1.52. The molecular formula is C28H23N3O5. The van der Waals surface area contributed by atoms with Crippen molar-refractivity contribution in [2.45, 2.75) is 32.3 Å². The van der Waals surface area contributed by atoms with E-state index >= 15 is 0 Å². The molecule has 1 aliphatic carbocycles. The number of benzene rings is 3. The number of rotatable bonds is 6. The summed E-state index contributed by atoms with van der Waals surface area (Å²) in [5, 5.41) is 14.8. The van der Waals surface area contributed by atoms with Crippen molar-refractivity contribution in [3.8, 4) is 0 Å². The summed E-state index contributed by atoms with van der Waals surface area (Å²) in [6, 6.07) is 20.5. The standard InChI is InChI=1S/C28H23N3O5/c1-17-14-15-23(24(16-17)31(34)35)30-27(32)26(18-8-3-2-4-9-18)36-28(33)25-19-10-5-6-12-21(19)29-22-13-7-11-20(22)25/h2-6,8-10,12,14-16,26H,7,11,13H2,1H3,(H,30,32). The first kappa shape index (κ1) is 23.2. The van der Waals surface area contributed by atoms with Crippen molar-refractivity contribution in [2.24, 2.45) is 0 Å². The molecule has 1 heterocycles. The van der Waals surface area contributed by atoms with E-state index in [2.05, 4.69) is 5.32 Å². The summed E-state index contributed by atoms with van der Waals surface area (Å²) in [6.07, 6.45) is 1.05. The Morgan fingerprint density at radius 3 is 2.56 bits per heavy atom. The number of ether oxygens (including phenoxy) is 1. The predicted molar refractivity (Wildman–Crippen MR) is 135 cm³/mol. The third-order valence-electron chi connectivity index (χ3n) is 6.30. The first-order chi connectivity index (χ1) is 17.4. The lowest BCUT2D eigenvalue weighted by Crippen LogP contribution is -2.26. The Kier molecular flexibility index (Phi) is 6.16. The molecule has 0 aliphatic heterocycles. The van der Waals surface area contributed by atoms with Crippen LogP contribution in [0.4, 0.5) is 11.4 Å². The minimum atomic E-state index is -1.32. The average Bonchev–Trinajstić information content (AvgIpc) is 3.35. The van der Waals surface area contributed by atoms with Gasteiger partial charge in [0.2, 0.25) is 6.10 Å². The van der Waals surface area contributed by atoms with Crippen LogP contribution in [0.3, 0.4) is 0 Å². The molecule has 1 N–H and O–H groups in total. The molecule has 1 unspecified atom stereocenters. The van der Waals surface area contributed by atoms with Gasteiger partial charge in [0.05, 0.1) is 16.0 Å². The molecule has 1 aliphatic rings. The van der Waals surface area contributed by atoms with Gasteiger partial charge in [-0.25, -0.2) is 4.79 Å². The molecule has 0 saturated heterocycles. The van der Waals surface area contributed by atoms with E-state index < -0.39 is 22.9 Å². The number of anilines is 1. The number of esters is 1. The SMILES string of the molecule is Cc1ccc(NC(=O)C(OC(=O)c2c3c(nc4ccccc24)CCC3)c2ccccc2)c([N+](=O)[O-])c1. The zero-order chi connectivity index (χ0) is 25.2. The van der Waals surface area contributed by atoms with Crippen molar-refractivity contribution in [2.75, 3.05) is 5.32 Å². The Morgan fingerprint density at radius 1 is 1.03 bits per heavy atom. The number of hydrogen-bond donors (Lipinski definition) is 1. The van der Waals surface area contributed by atoms with Crippen LogP contribution in [0.25, 0.3) is 10.9 Å². The number of nitrogens with zero attached hydrogens (tertiary/aromatic N) is 2. The average molecular weight is 482 g/mol. The number of nitro groups is 1. The van der Waals surface area contributed by atoms with E-state index in [0.717, 1.165) is 24.1 Å². The zero-order valence-corrected chi connectivity index (χ0v) is 19.6. The van der Waals surface area contributed by atoms with Crippen molar-refractivity contribution in [3.63, 3.8) is 0 Å². The number of fused-ring (bicyclic) bond motifs is 2. The molecule has 8 heteroatoms. The van der Waals surface area contributed by atoms with Gasteiger partial charge in [-0.2, -0.15) is 0 Å². The van der Waals surface area contributed by atoms with E-state index in [9.17, 15) is 19.7 Å².